The van der Waals surface area contributed by atoms with E-state index >= 15 is 0 Å². The zero-order valence-corrected chi connectivity index (χ0v) is 24.3. The predicted octanol–water partition coefficient (Wildman–Crippen LogP) is 3.87. The molecule has 2 amide bonds. The largest absolute Gasteiger partial charge is 0.465 e. The number of hydrogen-bond acceptors (Lipinski definition) is 6. The summed E-state index contributed by atoms with van der Waals surface area (Å²) in [6, 6.07) is 4.25. The van der Waals surface area contributed by atoms with Gasteiger partial charge < -0.3 is 24.4 Å². The van der Waals surface area contributed by atoms with Crippen LogP contribution in [0.3, 0.4) is 0 Å². The molecule has 2 fully saturated rings. The second-order valence-electron chi connectivity index (χ2n) is 12.4. The van der Waals surface area contributed by atoms with Gasteiger partial charge in [0.1, 0.15) is 17.6 Å². The molecule has 0 aromatic heterocycles. The van der Waals surface area contributed by atoms with Crippen LogP contribution in [0.4, 0.5) is 5.69 Å². The number of aliphatic hydroxyl groups is 1. The summed E-state index contributed by atoms with van der Waals surface area (Å²) in [5.41, 5.74) is 0.180. The highest BCUT2D eigenvalue weighted by Gasteiger charge is 2.75. The number of fused-ring (bicyclic) bond motifs is 2. The van der Waals surface area contributed by atoms with Gasteiger partial charge in [-0.15, -0.1) is 0 Å². The van der Waals surface area contributed by atoms with Crippen molar-refractivity contribution >= 4 is 23.5 Å². The van der Waals surface area contributed by atoms with Gasteiger partial charge in [-0.1, -0.05) is 56.4 Å². The molecular formula is C32H42N2O6. The summed E-state index contributed by atoms with van der Waals surface area (Å²) in [6.07, 6.45) is 10.6. The monoisotopic (exact) mass is 550 g/mol. The van der Waals surface area contributed by atoms with E-state index in [4.69, 9.17) is 9.47 Å². The van der Waals surface area contributed by atoms with Gasteiger partial charge >= 0.3 is 5.97 Å². The Morgan fingerprint density at radius 3 is 2.42 bits per heavy atom. The second-order valence-corrected chi connectivity index (χ2v) is 12.4. The van der Waals surface area contributed by atoms with Crippen molar-refractivity contribution in [1.29, 1.82) is 0 Å². The quantitative estimate of drug-likeness (QED) is 0.442. The van der Waals surface area contributed by atoms with Crippen LogP contribution in [0.1, 0.15) is 57.6 Å². The van der Waals surface area contributed by atoms with Crippen LogP contribution in [0.2, 0.25) is 0 Å². The number of aliphatic hydroxyl groups excluding tert-OH is 1. The molecule has 8 nitrogen and oxygen atoms in total. The number of nitrogens with zero attached hydrogens (tertiary/aromatic N) is 2. The first kappa shape index (κ1) is 28.6. The molecule has 2 saturated heterocycles. The highest BCUT2D eigenvalue weighted by atomic mass is 16.6. The second kappa shape index (κ2) is 10.8. The van der Waals surface area contributed by atoms with Crippen LogP contribution in [0.25, 0.3) is 0 Å². The van der Waals surface area contributed by atoms with E-state index in [1.54, 1.807) is 9.80 Å². The first-order valence-corrected chi connectivity index (χ1v) is 14.6. The number of carbonyl (C=O) groups excluding carboxylic acids is 3. The molecule has 1 unspecified atom stereocenters. The lowest BCUT2D eigenvalue weighted by atomic mass is 9.74. The standard InChI is InChI=1S/C32H42N2O6/c1-20(2)18-23(19-35)34-27-29(37)33(26-21(3)12-10-13-22(26)4)16-11-15-32(27)24(28(34)36)25-30(38)39-17-9-7-6-8-14-31(25,5)40-32/h8,10-15,20,23-25,27,35H,6-7,9,16-19H2,1-5H3/b14-8-/t23-,24+,25+,27?,31-,32+/m1/s1. The molecule has 40 heavy (non-hydrogen) atoms. The summed E-state index contributed by atoms with van der Waals surface area (Å²) in [6.45, 7) is 10.1. The number of cyclic esters (lactones) is 1. The number of carbonyl (C=O) groups is 3. The molecule has 0 saturated carbocycles. The molecule has 5 rings (SSSR count). The molecule has 4 heterocycles. The topological polar surface area (TPSA) is 96.4 Å². The number of allylic oxidation sites excluding steroid dienone is 1. The molecule has 0 bridgehead atoms. The van der Waals surface area contributed by atoms with Crippen molar-refractivity contribution in [1.82, 2.24) is 4.90 Å². The van der Waals surface area contributed by atoms with E-state index in [0.717, 1.165) is 36.1 Å². The fourth-order valence-corrected chi connectivity index (χ4v) is 7.38. The molecular weight excluding hydrogens is 508 g/mol. The third-order valence-corrected chi connectivity index (χ3v) is 9.00. The van der Waals surface area contributed by atoms with Gasteiger partial charge in [0.2, 0.25) is 5.91 Å². The minimum absolute atomic E-state index is 0.167. The van der Waals surface area contributed by atoms with Crippen molar-refractivity contribution in [2.45, 2.75) is 83.6 Å². The van der Waals surface area contributed by atoms with Crippen LogP contribution in [-0.2, 0) is 23.9 Å². The van der Waals surface area contributed by atoms with Gasteiger partial charge in [0.05, 0.1) is 30.8 Å². The Morgan fingerprint density at radius 2 is 1.75 bits per heavy atom. The molecule has 0 aliphatic carbocycles. The third kappa shape index (κ3) is 4.49. The van der Waals surface area contributed by atoms with Gasteiger partial charge in [0.25, 0.3) is 5.91 Å². The number of para-hydroxylation sites is 1. The van der Waals surface area contributed by atoms with Crippen LogP contribution < -0.4 is 4.90 Å². The number of rotatable bonds is 5. The highest BCUT2D eigenvalue weighted by molar-refractivity contribution is 6.06. The van der Waals surface area contributed by atoms with Crippen LogP contribution in [0, 0.1) is 31.6 Å². The molecule has 1 aromatic rings. The van der Waals surface area contributed by atoms with Crippen molar-refractivity contribution in [2.24, 2.45) is 17.8 Å². The number of likely N-dealkylation sites (tertiary alicyclic amines) is 1. The van der Waals surface area contributed by atoms with Gasteiger partial charge in [-0.05, 0) is 63.5 Å². The molecule has 8 heteroatoms. The molecule has 1 N–H and O–H groups in total. The van der Waals surface area contributed by atoms with Crippen LogP contribution in [-0.4, -0.2) is 70.8 Å². The number of ether oxygens (including phenoxy) is 2. The SMILES string of the molecule is Cc1cccc(C)c1N1CC=C[C@]23O[C@]4(C)/C=C\CCCCOC(=O)[C@@H]4[C@H]2C(=O)N([C@@H](CO)CC(C)C)C3C1=O. The summed E-state index contributed by atoms with van der Waals surface area (Å²) in [7, 11) is 0. The lowest BCUT2D eigenvalue weighted by Gasteiger charge is -2.41. The predicted molar refractivity (Wildman–Crippen MR) is 152 cm³/mol. The minimum Gasteiger partial charge on any atom is -0.465 e. The maximum atomic E-state index is 14.8. The fraction of sp³-hybridized carbons (Fsp3) is 0.594. The summed E-state index contributed by atoms with van der Waals surface area (Å²) in [4.78, 5) is 46.3. The van der Waals surface area contributed by atoms with Gasteiger partial charge in [-0.3, -0.25) is 14.4 Å². The van der Waals surface area contributed by atoms with Gasteiger partial charge in [0, 0.05) is 12.2 Å². The highest BCUT2D eigenvalue weighted by Crippen LogP contribution is 2.58. The van der Waals surface area contributed by atoms with E-state index in [1.807, 2.05) is 77.1 Å². The van der Waals surface area contributed by atoms with Crippen LogP contribution in [0.5, 0.6) is 0 Å². The Kier molecular flexibility index (Phi) is 7.70. The van der Waals surface area contributed by atoms with Crippen molar-refractivity contribution in [3.05, 3.63) is 53.6 Å². The summed E-state index contributed by atoms with van der Waals surface area (Å²) in [5.74, 6) is -2.82. The van der Waals surface area contributed by atoms with Crippen LogP contribution in [0.15, 0.2) is 42.5 Å². The first-order chi connectivity index (χ1) is 19.1. The Morgan fingerprint density at radius 1 is 1.02 bits per heavy atom. The average molecular weight is 551 g/mol. The Bertz CT molecular complexity index is 1220. The number of anilines is 1. The van der Waals surface area contributed by atoms with E-state index in [2.05, 4.69) is 0 Å². The minimum atomic E-state index is -1.39. The van der Waals surface area contributed by atoms with Gasteiger partial charge in [-0.25, -0.2) is 0 Å². The molecule has 216 valence electrons. The van der Waals surface area contributed by atoms with E-state index in [9.17, 15) is 19.5 Å². The first-order valence-electron chi connectivity index (χ1n) is 14.6. The fourth-order valence-electron chi connectivity index (χ4n) is 7.38. The molecule has 1 spiro atoms. The molecule has 6 atom stereocenters. The maximum Gasteiger partial charge on any atom is 0.313 e. The van der Waals surface area contributed by atoms with Gasteiger partial charge in [-0.2, -0.15) is 0 Å². The third-order valence-electron chi connectivity index (χ3n) is 9.00. The van der Waals surface area contributed by atoms with E-state index in [1.165, 1.54) is 0 Å². The lowest BCUT2D eigenvalue weighted by molar-refractivity contribution is -0.160. The van der Waals surface area contributed by atoms with Crippen molar-refractivity contribution < 1.29 is 29.0 Å². The van der Waals surface area contributed by atoms with E-state index in [0.29, 0.717) is 13.0 Å². The maximum absolute atomic E-state index is 14.8. The summed E-state index contributed by atoms with van der Waals surface area (Å²) < 4.78 is 12.6. The Hall–Kier alpha value is -2.97. The number of esters is 1. The number of benzene rings is 1. The summed E-state index contributed by atoms with van der Waals surface area (Å²) >= 11 is 0. The van der Waals surface area contributed by atoms with E-state index < -0.39 is 41.1 Å². The zero-order chi connectivity index (χ0) is 28.8. The number of amides is 2. The number of hydrogen-bond donors (Lipinski definition) is 1. The van der Waals surface area contributed by atoms with Crippen LogP contribution >= 0.6 is 0 Å². The molecule has 4 aliphatic heterocycles. The number of aryl methyl sites for hydroxylation is 2. The van der Waals surface area contributed by atoms with Crippen molar-refractivity contribution in [3.8, 4) is 0 Å². The summed E-state index contributed by atoms with van der Waals surface area (Å²) in [5, 5.41) is 10.5. The molecule has 0 radical (unpaired) electrons. The average Bonchev–Trinajstić information content (AvgIpc) is 3.23. The van der Waals surface area contributed by atoms with Gasteiger partial charge in [0.15, 0.2) is 0 Å². The zero-order valence-electron chi connectivity index (χ0n) is 24.3. The Labute approximate surface area is 237 Å². The lowest BCUT2D eigenvalue weighted by Crippen LogP contribution is -2.59. The van der Waals surface area contributed by atoms with Crippen molar-refractivity contribution in [3.63, 3.8) is 0 Å². The smallest absolute Gasteiger partial charge is 0.313 e. The normalized spacial score (nSPS) is 33.8. The molecule has 4 aliphatic rings. The van der Waals surface area contributed by atoms with E-state index in [-0.39, 0.29) is 30.9 Å². The Balaban J connectivity index is 1.70. The molecule has 1 aromatic carbocycles. The van der Waals surface area contributed by atoms with Crippen molar-refractivity contribution in [2.75, 3.05) is 24.7 Å².